The summed E-state index contributed by atoms with van der Waals surface area (Å²) in [5.41, 5.74) is 1.17. The van der Waals surface area contributed by atoms with E-state index in [0.717, 1.165) is 18.7 Å². The number of amides is 1. The summed E-state index contributed by atoms with van der Waals surface area (Å²) in [6, 6.07) is 8.02. The summed E-state index contributed by atoms with van der Waals surface area (Å²) in [4.78, 5) is 33.2. The Balaban J connectivity index is 1.49. The van der Waals surface area contributed by atoms with Gasteiger partial charge < -0.3 is 10.2 Å². The number of nitrogens with zero attached hydrogens (tertiary/aromatic N) is 5. The summed E-state index contributed by atoms with van der Waals surface area (Å²) in [5, 5.41) is 7.32. The highest BCUT2D eigenvalue weighted by Crippen LogP contribution is 2.26. The number of rotatable bonds is 6. The van der Waals surface area contributed by atoms with Crippen LogP contribution in [0.4, 0.5) is 5.82 Å². The van der Waals surface area contributed by atoms with Gasteiger partial charge >= 0.3 is 5.69 Å². The molecule has 0 bridgehead atoms. The fourth-order valence-electron chi connectivity index (χ4n) is 4.23. The van der Waals surface area contributed by atoms with Crippen molar-refractivity contribution in [2.45, 2.75) is 38.3 Å². The van der Waals surface area contributed by atoms with Crippen LogP contribution in [0.5, 0.6) is 0 Å². The molecule has 4 rings (SSSR count). The van der Waals surface area contributed by atoms with Crippen LogP contribution in [0.1, 0.15) is 25.8 Å². The molecule has 3 heterocycles. The number of aromatic nitrogens is 4. The van der Waals surface area contributed by atoms with Gasteiger partial charge in [-0.3, -0.25) is 4.79 Å². The normalized spacial score (nSPS) is 19.0. The largest absolute Gasteiger partial charge is 0.353 e. The van der Waals surface area contributed by atoms with Gasteiger partial charge in [0.2, 0.25) is 11.6 Å². The topological polar surface area (TPSA) is 84.5 Å². The number of piperidine rings is 1. The second-order valence-corrected chi connectivity index (χ2v) is 9.24. The minimum absolute atomic E-state index is 0.129. The molecule has 3 aromatic rings. The van der Waals surface area contributed by atoms with Gasteiger partial charge in [0.15, 0.2) is 5.82 Å². The Kier molecular flexibility index (Phi) is 6.31. The zero-order valence-corrected chi connectivity index (χ0v) is 18.9. The van der Waals surface area contributed by atoms with Gasteiger partial charge in [-0.15, -0.1) is 16.9 Å². The van der Waals surface area contributed by atoms with Crippen molar-refractivity contribution in [1.82, 2.24) is 24.5 Å². The number of benzene rings is 1. The van der Waals surface area contributed by atoms with Gasteiger partial charge in [0, 0.05) is 36.9 Å². The van der Waals surface area contributed by atoms with Crippen molar-refractivity contribution in [3.8, 4) is 0 Å². The van der Waals surface area contributed by atoms with Gasteiger partial charge in [0.05, 0.1) is 0 Å². The second-order valence-electron chi connectivity index (χ2n) is 8.36. The van der Waals surface area contributed by atoms with E-state index >= 15 is 0 Å². The molecular weight excluding hydrogens is 412 g/mol. The molecule has 31 heavy (non-hydrogen) atoms. The molecule has 0 aliphatic carbocycles. The highest BCUT2D eigenvalue weighted by atomic mass is 32.2. The SMILES string of the molecule is CSc1ccc(CNC(=O)Cn2nc3c(N4C[C@@H](C)C[C@H](C)C4)nccn3c2=O)cc1. The van der Waals surface area contributed by atoms with E-state index in [0.29, 0.717) is 29.8 Å². The molecule has 2 atom stereocenters. The quantitative estimate of drug-likeness (QED) is 0.593. The van der Waals surface area contributed by atoms with E-state index in [2.05, 4.69) is 34.1 Å². The Morgan fingerprint density at radius 3 is 2.58 bits per heavy atom. The maximum absolute atomic E-state index is 12.8. The van der Waals surface area contributed by atoms with Gasteiger partial charge in [0.1, 0.15) is 6.54 Å². The lowest BCUT2D eigenvalue weighted by Gasteiger charge is -2.35. The van der Waals surface area contributed by atoms with E-state index < -0.39 is 0 Å². The zero-order valence-electron chi connectivity index (χ0n) is 18.1. The van der Waals surface area contributed by atoms with E-state index in [4.69, 9.17) is 0 Å². The lowest BCUT2D eigenvalue weighted by Crippen LogP contribution is -2.39. The molecule has 8 nitrogen and oxygen atoms in total. The molecule has 2 aromatic heterocycles. The molecule has 1 N–H and O–H groups in total. The lowest BCUT2D eigenvalue weighted by molar-refractivity contribution is -0.122. The molecule has 9 heteroatoms. The highest BCUT2D eigenvalue weighted by Gasteiger charge is 2.25. The Labute approximate surface area is 185 Å². The van der Waals surface area contributed by atoms with Crippen LogP contribution in [0.3, 0.4) is 0 Å². The van der Waals surface area contributed by atoms with Crippen LogP contribution < -0.4 is 15.9 Å². The maximum Gasteiger partial charge on any atom is 0.350 e. The number of hydrogen-bond donors (Lipinski definition) is 1. The lowest BCUT2D eigenvalue weighted by atomic mass is 9.92. The molecule has 1 aliphatic rings. The van der Waals surface area contributed by atoms with Crippen LogP contribution in [0, 0.1) is 11.8 Å². The number of hydrogen-bond acceptors (Lipinski definition) is 6. The highest BCUT2D eigenvalue weighted by molar-refractivity contribution is 7.98. The van der Waals surface area contributed by atoms with Gasteiger partial charge in [-0.25, -0.2) is 18.9 Å². The average Bonchev–Trinajstić information content (AvgIpc) is 3.07. The Morgan fingerprint density at radius 2 is 1.90 bits per heavy atom. The summed E-state index contributed by atoms with van der Waals surface area (Å²) in [6.45, 7) is 6.50. The summed E-state index contributed by atoms with van der Waals surface area (Å²) in [5.74, 6) is 1.55. The number of anilines is 1. The Hall–Kier alpha value is -2.81. The third-order valence-corrected chi connectivity index (χ3v) is 6.34. The fraction of sp³-hybridized carbons (Fsp3) is 0.455. The van der Waals surface area contributed by atoms with Crippen LogP contribution in [-0.4, -0.2) is 44.4 Å². The molecule has 1 amide bonds. The van der Waals surface area contributed by atoms with Crippen LogP contribution in [-0.2, 0) is 17.9 Å². The molecule has 1 saturated heterocycles. The maximum atomic E-state index is 12.8. The predicted molar refractivity (Wildman–Crippen MR) is 122 cm³/mol. The third-order valence-electron chi connectivity index (χ3n) is 5.59. The minimum Gasteiger partial charge on any atom is -0.353 e. The first-order valence-electron chi connectivity index (χ1n) is 10.5. The van der Waals surface area contributed by atoms with Crippen molar-refractivity contribution in [3.63, 3.8) is 0 Å². The smallest absolute Gasteiger partial charge is 0.350 e. The summed E-state index contributed by atoms with van der Waals surface area (Å²) in [6.07, 6.45) is 6.43. The van der Waals surface area contributed by atoms with Crippen molar-refractivity contribution in [1.29, 1.82) is 0 Å². The molecule has 1 aliphatic heterocycles. The Bertz CT molecular complexity index is 1110. The van der Waals surface area contributed by atoms with Crippen LogP contribution in [0.2, 0.25) is 0 Å². The molecule has 0 spiro atoms. The number of nitrogens with one attached hydrogen (secondary N) is 1. The second kappa shape index (κ2) is 9.13. The minimum atomic E-state index is -0.337. The van der Waals surface area contributed by atoms with Crippen molar-refractivity contribution in [2.24, 2.45) is 11.8 Å². The van der Waals surface area contributed by atoms with Gasteiger partial charge in [-0.1, -0.05) is 26.0 Å². The third kappa shape index (κ3) is 4.76. The fourth-order valence-corrected chi connectivity index (χ4v) is 4.64. The molecule has 1 fully saturated rings. The zero-order chi connectivity index (χ0) is 22.0. The van der Waals surface area contributed by atoms with E-state index in [1.165, 1.54) is 20.4 Å². The first-order valence-corrected chi connectivity index (χ1v) is 11.8. The van der Waals surface area contributed by atoms with Crippen LogP contribution >= 0.6 is 11.8 Å². The van der Waals surface area contributed by atoms with E-state index in [1.807, 2.05) is 30.5 Å². The number of carbonyl (C=O) groups excluding carboxylic acids is 1. The van der Waals surface area contributed by atoms with Gasteiger partial charge in [-0.2, -0.15) is 0 Å². The number of fused-ring (bicyclic) bond motifs is 1. The number of carbonyl (C=O) groups is 1. The molecule has 0 radical (unpaired) electrons. The average molecular weight is 441 g/mol. The Morgan fingerprint density at radius 1 is 1.19 bits per heavy atom. The summed E-state index contributed by atoms with van der Waals surface area (Å²) < 4.78 is 2.68. The van der Waals surface area contributed by atoms with E-state index in [9.17, 15) is 9.59 Å². The van der Waals surface area contributed by atoms with E-state index in [-0.39, 0.29) is 18.1 Å². The summed E-state index contributed by atoms with van der Waals surface area (Å²) in [7, 11) is 0. The molecule has 164 valence electrons. The van der Waals surface area contributed by atoms with Crippen LogP contribution in [0.25, 0.3) is 5.65 Å². The van der Waals surface area contributed by atoms with Gasteiger partial charge in [0.25, 0.3) is 0 Å². The monoisotopic (exact) mass is 440 g/mol. The van der Waals surface area contributed by atoms with E-state index in [1.54, 1.807) is 24.2 Å². The van der Waals surface area contributed by atoms with Crippen molar-refractivity contribution in [2.75, 3.05) is 24.2 Å². The van der Waals surface area contributed by atoms with Gasteiger partial charge in [-0.05, 0) is 42.2 Å². The number of thioether (sulfide) groups is 1. The summed E-state index contributed by atoms with van der Waals surface area (Å²) >= 11 is 1.67. The standard InChI is InChI=1S/C22H28N6O2S/c1-15-10-16(2)13-26(12-15)20-21-25-28(22(30)27(21)9-8-23-20)14-19(29)24-11-17-4-6-18(31-3)7-5-17/h4-9,15-16H,10-14H2,1-3H3,(H,24,29)/t15-,16-/m0/s1. The molecule has 1 aromatic carbocycles. The van der Waals surface area contributed by atoms with Crippen LogP contribution in [0.15, 0.2) is 46.3 Å². The molecule has 0 unspecified atom stereocenters. The van der Waals surface area contributed by atoms with Crippen molar-refractivity contribution >= 4 is 29.1 Å². The first-order chi connectivity index (χ1) is 14.9. The van der Waals surface area contributed by atoms with Crippen molar-refractivity contribution < 1.29 is 4.79 Å². The first kappa shape index (κ1) is 21.4. The van der Waals surface area contributed by atoms with Crippen molar-refractivity contribution in [3.05, 3.63) is 52.7 Å². The predicted octanol–water partition coefficient (Wildman–Crippen LogP) is 2.41. The molecule has 0 saturated carbocycles. The molecular formula is C22H28N6O2S.